The van der Waals surface area contributed by atoms with Gasteiger partial charge in [0.15, 0.2) is 0 Å². The van der Waals surface area contributed by atoms with Crippen LogP contribution < -0.4 is 5.43 Å². The minimum atomic E-state index is -0.122. The zero-order valence-corrected chi connectivity index (χ0v) is 19.8. The number of piperidine rings is 2. The highest BCUT2D eigenvalue weighted by molar-refractivity contribution is 7.99. The number of carbonyl (C=O) groups excluding carboxylic acids is 2. The van der Waals surface area contributed by atoms with Crippen LogP contribution >= 0.6 is 23.1 Å². The first-order valence-electron chi connectivity index (χ1n) is 11.1. The molecule has 4 heterocycles. The molecule has 170 valence electrons. The molecule has 0 radical (unpaired) electrons. The summed E-state index contributed by atoms with van der Waals surface area (Å²) in [6.45, 7) is 6.91. The quantitative estimate of drug-likeness (QED) is 0.486. The van der Waals surface area contributed by atoms with Crippen molar-refractivity contribution in [1.82, 2.24) is 25.3 Å². The van der Waals surface area contributed by atoms with Gasteiger partial charge in [-0.05, 0) is 37.8 Å². The maximum atomic E-state index is 13.1. The normalized spacial score (nSPS) is 17.8. The van der Waals surface area contributed by atoms with Crippen LogP contribution in [-0.2, 0) is 0 Å². The van der Waals surface area contributed by atoms with E-state index in [1.54, 1.807) is 17.5 Å². The van der Waals surface area contributed by atoms with Crippen LogP contribution in [0.25, 0.3) is 0 Å². The smallest absolute Gasteiger partial charge is 0.285 e. The number of hydrogen-bond donors (Lipinski definition) is 1. The van der Waals surface area contributed by atoms with Crippen molar-refractivity contribution in [1.29, 1.82) is 0 Å². The molecule has 2 amide bonds. The first kappa shape index (κ1) is 22.9. The van der Waals surface area contributed by atoms with Crippen molar-refractivity contribution in [2.75, 3.05) is 31.9 Å². The highest BCUT2D eigenvalue weighted by Crippen LogP contribution is 2.31. The number of hydrazine groups is 1. The van der Waals surface area contributed by atoms with Gasteiger partial charge in [0.1, 0.15) is 10.7 Å². The van der Waals surface area contributed by atoms with Gasteiger partial charge < -0.3 is 4.90 Å². The molecule has 0 atom stereocenters. The molecule has 0 spiro atoms. The minimum Gasteiger partial charge on any atom is -0.339 e. The van der Waals surface area contributed by atoms with Gasteiger partial charge >= 0.3 is 0 Å². The van der Waals surface area contributed by atoms with Crippen molar-refractivity contribution in [2.45, 2.75) is 43.0 Å². The Labute approximate surface area is 197 Å². The summed E-state index contributed by atoms with van der Waals surface area (Å²) in [5, 5.41) is 5.59. The molecule has 7 nitrogen and oxygen atoms in total. The lowest BCUT2D eigenvalue weighted by Gasteiger charge is -2.31. The molecule has 0 saturated carbocycles. The largest absolute Gasteiger partial charge is 0.339 e. The van der Waals surface area contributed by atoms with Gasteiger partial charge in [-0.3, -0.25) is 15.0 Å². The van der Waals surface area contributed by atoms with Crippen LogP contribution in [0.15, 0.2) is 41.4 Å². The molecule has 2 saturated heterocycles. The fraction of sp³-hybridized carbons (Fsp3) is 0.478. The third kappa shape index (κ3) is 5.57. The van der Waals surface area contributed by atoms with Crippen LogP contribution in [0.3, 0.4) is 0 Å². The molecule has 0 bridgehead atoms. The van der Waals surface area contributed by atoms with Crippen LogP contribution in [0.4, 0.5) is 0 Å². The van der Waals surface area contributed by atoms with E-state index in [9.17, 15) is 9.59 Å². The molecule has 1 N–H and O–H groups in total. The van der Waals surface area contributed by atoms with Gasteiger partial charge in [0.05, 0.1) is 10.6 Å². The average Bonchev–Trinajstić information content (AvgIpc) is 3.34. The first-order chi connectivity index (χ1) is 15.7. The zero-order chi connectivity index (χ0) is 22.3. The van der Waals surface area contributed by atoms with Crippen molar-refractivity contribution >= 4 is 34.9 Å². The van der Waals surface area contributed by atoms with Gasteiger partial charge in [0.25, 0.3) is 11.8 Å². The summed E-state index contributed by atoms with van der Waals surface area (Å²) < 4.78 is 0. The molecule has 9 heteroatoms. The second-order valence-electron chi connectivity index (χ2n) is 8.08. The second kappa shape index (κ2) is 11.1. The Bertz CT molecular complexity index is 949. The predicted molar refractivity (Wildman–Crippen MR) is 128 cm³/mol. The van der Waals surface area contributed by atoms with E-state index in [2.05, 4.69) is 22.0 Å². The second-order valence-corrected chi connectivity index (χ2v) is 9.98. The van der Waals surface area contributed by atoms with E-state index in [-0.39, 0.29) is 17.7 Å². The lowest BCUT2D eigenvalue weighted by Crippen LogP contribution is -2.45. The number of nitrogens with zero attached hydrogens (tertiary/aromatic N) is 4. The Morgan fingerprint density at radius 3 is 2.75 bits per heavy atom. The van der Waals surface area contributed by atoms with Gasteiger partial charge in [-0.15, -0.1) is 29.7 Å². The summed E-state index contributed by atoms with van der Waals surface area (Å²) in [5.74, 6) is 0.910. The maximum absolute atomic E-state index is 13.1. The van der Waals surface area contributed by atoms with Crippen molar-refractivity contribution in [3.8, 4) is 0 Å². The topological polar surface area (TPSA) is 78.4 Å². The molecule has 32 heavy (non-hydrogen) atoms. The predicted octanol–water partition coefficient (Wildman–Crippen LogP) is 3.97. The van der Waals surface area contributed by atoms with Crippen molar-refractivity contribution < 1.29 is 9.59 Å². The number of pyridine rings is 1. The van der Waals surface area contributed by atoms with Crippen molar-refractivity contribution in [2.24, 2.45) is 0 Å². The third-order valence-electron chi connectivity index (χ3n) is 5.84. The van der Waals surface area contributed by atoms with Crippen LogP contribution in [0.5, 0.6) is 0 Å². The molecule has 0 aromatic carbocycles. The number of likely N-dealkylation sites (tertiary alicyclic amines) is 1. The average molecular weight is 472 g/mol. The summed E-state index contributed by atoms with van der Waals surface area (Å²) >= 11 is 3.08. The lowest BCUT2D eigenvalue weighted by atomic mass is 9.97. The number of thiazole rings is 1. The number of carbonyl (C=O) groups is 2. The van der Waals surface area contributed by atoms with Gasteiger partial charge in [-0.1, -0.05) is 12.5 Å². The minimum absolute atomic E-state index is 0.0313. The third-order valence-corrected chi connectivity index (χ3v) is 7.85. The molecule has 2 aromatic rings. The highest BCUT2D eigenvalue weighted by Gasteiger charge is 2.28. The van der Waals surface area contributed by atoms with Gasteiger partial charge in [-0.2, -0.15) is 0 Å². The summed E-state index contributed by atoms with van der Waals surface area (Å²) in [6.07, 6.45) is 8.69. The van der Waals surface area contributed by atoms with Crippen LogP contribution in [0.2, 0.25) is 0 Å². The molecule has 0 aliphatic carbocycles. The Kier molecular flexibility index (Phi) is 7.94. The molecule has 4 rings (SSSR count). The van der Waals surface area contributed by atoms with E-state index in [0.717, 1.165) is 54.6 Å². The number of amides is 2. The zero-order valence-electron chi connectivity index (χ0n) is 18.2. The van der Waals surface area contributed by atoms with Crippen LogP contribution in [0.1, 0.15) is 63.9 Å². The highest BCUT2D eigenvalue weighted by atomic mass is 32.2. The van der Waals surface area contributed by atoms with Crippen molar-refractivity contribution in [3.63, 3.8) is 0 Å². The SMILES string of the molecule is C=CCSc1ncccc1C(=O)N1CCC(c2nc(C(=O)NN3CCCCC3)cs2)CC1. The summed E-state index contributed by atoms with van der Waals surface area (Å²) in [5.41, 5.74) is 4.13. The number of nitrogens with one attached hydrogen (secondary N) is 1. The number of aromatic nitrogens is 2. The Hall–Kier alpha value is -2.23. The van der Waals surface area contributed by atoms with Gasteiger partial charge in [0.2, 0.25) is 0 Å². The molecule has 2 aliphatic heterocycles. The summed E-state index contributed by atoms with van der Waals surface area (Å²) in [6, 6.07) is 3.66. The van der Waals surface area contributed by atoms with E-state index in [1.807, 2.05) is 33.5 Å². The fourth-order valence-electron chi connectivity index (χ4n) is 4.09. The van der Waals surface area contributed by atoms with Gasteiger partial charge in [0, 0.05) is 49.4 Å². The van der Waals surface area contributed by atoms with E-state index in [1.165, 1.54) is 18.2 Å². The molecular weight excluding hydrogens is 442 g/mol. The fourth-order valence-corrected chi connectivity index (χ4v) is 5.79. The molecule has 2 fully saturated rings. The molecule has 2 aliphatic rings. The van der Waals surface area contributed by atoms with E-state index < -0.39 is 0 Å². The standard InChI is InChI=1S/C23H29N5O2S2/c1-2-15-31-22-18(7-6-10-24-22)23(30)27-13-8-17(9-14-27)21-25-19(16-32-21)20(29)26-28-11-4-3-5-12-28/h2,6-7,10,16-17H,1,3-5,8-9,11-15H2,(H,26,29). The summed E-state index contributed by atoms with van der Waals surface area (Å²) in [4.78, 5) is 36.5. The molecule has 0 unspecified atom stereocenters. The van der Waals surface area contributed by atoms with E-state index >= 15 is 0 Å². The Balaban J connectivity index is 1.33. The first-order valence-corrected chi connectivity index (χ1v) is 13.0. The molecule has 2 aromatic heterocycles. The Morgan fingerprint density at radius 1 is 1.22 bits per heavy atom. The van der Waals surface area contributed by atoms with Crippen molar-refractivity contribution in [3.05, 3.63) is 52.6 Å². The lowest BCUT2D eigenvalue weighted by molar-refractivity contribution is 0.0708. The monoisotopic (exact) mass is 471 g/mol. The number of hydrogen-bond acceptors (Lipinski definition) is 7. The maximum Gasteiger partial charge on any atom is 0.285 e. The summed E-state index contributed by atoms with van der Waals surface area (Å²) in [7, 11) is 0. The number of rotatable bonds is 7. The molecular formula is C23H29N5O2S2. The Morgan fingerprint density at radius 2 is 2.00 bits per heavy atom. The van der Waals surface area contributed by atoms with Crippen LogP contribution in [-0.4, -0.2) is 63.6 Å². The van der Waals surface area contributed by atoms with E-state index in [0.29, 0.717) is 24.3 Å². The van der Waals surface area contributed by atoms with E-state index in [4.69, 9.17) is 0 Å². The number of thioether (sulfide) groups is 1. The van der Waals surface area contributed by atoms with Gasteiger partial charge in [-0.25, -0.2) is 15.0 Å². The van der Waals surface area contributed by atoms with Crippen LogP contribution in [0, 0.1) is 0 Å².